The topological polar surface area (TPSA) is 40.5 Å². The van der Waals surface area contributed by atoms with Crippen molar-refractivity contribution in [1.82, 2.24) is 0 Å². The second-order valence-electron chi connectivity index (χ2n) is 4.65. The van der Waals surface area contributed by atoms with Gasteiger partial charge in [0.1, 0.15) is 5.82 Å². The quantitative estimate of drug-likeness (QED) is 0.878. The van der Waals surface area contributed by atoms with E-state index in [0.717, 1.165) is 11.3 Å². The normalized spacial score (nSPS) is 10.4. The van der Waals surface area contributed by atoms with Gasteiger partial charge in [0.05, 0.1) is 17.1 Å². The number of rotatable bonds is 6. The van der Waals surface area contributed by atoms with Gasteiger partial charge >= 0.3 is 5.97 Å². The van der Waals surface area contributed by atoms with Crippen molar-refractivity contribution in [2.45, 2.75) is 13.0 Å². The molecule has 0 saturated carbocycles. The number of aliphatic carboxylic acids is 1. The number of benzene rings is 2. The maximum Gasteiger partial charge on any atom is 0.305 e. The molecule has 0 fully saturated rings. The van der Waals surface area contributed by atoms with E-state index in [0.29, 0.717) is 18.1 Å². The van der Waals surface area contributed by atoms with E-state index in [1.54, 1.807) is 18.2 Å². The summed E-state index contributed by atoms with van der Waals surface area (Å²) in [6.07, 6.45) is -0.0134. The zero-order valence-corrected chi connectivity index (χ0v) is 12.1. The van der Waals surface area contributed by atoms with Crippen LogP contribution in [0.4, 0.5) is 10.1 Å². The van der Waals surface area contributed by atoms with Gasteiger partial charge in [0, 0.05) is 13.1 Å². The van der Waals surface area contributed by atoms with E-state index in [9.17, 15) is 9.18 Å². The van der Waals surface area contributed by atoms with Crippen LogP contribution in [0, 0.1) is 5.82 Å². The highest BCUT2D eigenvalue weighted by molar-refractivity contribution is 6.33. The highest BCUT2D eigenvalue weighted by Crippen LogP contribution is 2.27. The molecular weight excluding hydrogens is 293 g/mol. The summed E-state index contributed by atoms with van der Waals surface area (Å²) in [7, 11) is 0. The molecule has 110 valence electrons. The van der Waals surface area contributed by atoms with Crippen molar-refractivity contribution in [1.29, 1.82) is 0 Å². The van der Waals surface area contributed by atoms with Gasteiger partial charge < -0.3 is 10.0 Å². The molecule has 0 aliphatic carbocycles. The standard InChI is InChI=1S/C16H15ClFNO2/c17-14-6-1-2-7-15(14)19(9-8-16(20)21)11-12-4-3-5-13(18)10-12/h1-7,10H,8-9,11H2,(H,20,21). The SMILES string of the molecule is O=C(O)CCN(Cc1cccc(F)c1)c1ccccc1Cl. The maximum atomic E-state index is 13.3. The first-order chi connectivity index (χ1) is 10.1. The summed E-state index contributed by atoms with van der Waals surface area (Å²) in [5, 5.41) is 9.41. The van der Waals surface area contributed by atoms with Crippen LogP contribution in [-0.4, -0.2) is 17.6 Å². The van der Waals surface area contributed by atoms with Crippen molar-refractivity contribution >= 4 is 23.3 Å². The predicted octanol–water partition coefficient (Wildman–Crippen LogP) is 3.96. The molecule has 2 aromatic carbocycles. The van der Waals surface area contributed by atoms with Crippen LogP contribution in [0.15, 0.2) is 48.5 Å². The van der Waals surface area contributed by atoms with Crippen molar-refractivity contribution < 1.29 is 14.3 Å². The molecule has 2 aromatic rings. The van der Waals surface area contributed by atoms with Gasteiger partial charge in [-0.1, -0.05) is 35.9 Å². The number of hydrogen-bond donors (Lipinski definition) is 1. The number of halogens is 2. The minimum Gasteiger partial charge on any atom is -0.481 e. The summed E-state index contributed by atoms with van der Waals surface area (Å²) >= 11 is 6.17. The Morgan fingerprint density at radius 3 is 2.62 bits per heavy atom. The van der Waals surface area contributed by atoms with Gasteiger partial charge in [0.25, 0.3) is 0 Å². The second kappa shape index (κ2) is 7.09. The van der Waals surface area contributed by atoms with Crippen molar-refractivity contribution in [3.05, 3.63) is 64.9 Å². The summed E-state index contributed by atoms with van der Waals surface area (Å²) < 4.78 is 13.3. The number of nitrogens with zero attached hydrogens (tertiary/aromatic N) is 1. The zero-order valence-electron chi connectivity index (χ0n) is 11.3. The fourth-order valence-electron chi connectivity index (χ4n) is 2.08. The monoisotopic (exact) mass is 307 g/mol. The maximum absolute atomic E-state index is 13.3. The van der Waals surface area contributed by atoms with Crippen LogP contribution >= 0.6 is 11.6 Å². The summed E-state index contributed by atoms with van der Waals surface area (Å²) in [4.78, 5) is 12.6. The van der Waals surface area contributed by atoms with Gasteiger partial charge in [-0.2, -0.15) is 0 Å². The van der Waals surface area contributed by atoms with E-state index in [1.807, 2.05) is 23.1 Å². The van der Waals surface area contributed by atoms with Crippen LogP contribution in [-0.2, 0) is 11.3 Å². The fraction of sp³-hybridized carbons (Fsp3) is 0.188. The largest absolute Gasteiger partial charge is 0.481 e. The molecule has 0 radical (unpaired) electrons. The molecule has 2 rings (SSSR count). The first-order valence-corrected chi connectivity index (χ1v) is 6.90. The smallest absolute Gasteiger partial charge is 0.305 e. The van der Waals surface area contributed by atoms with Gasteiger partial charge in [-0.3, -0.25) is 4.79 Å². The number of carboxylic acids is 1. The Hall–Kier alpha value is -2.07. The molecule has 0 bridgehead atoms. The van der Waals surface area contributed by atoms with Crippen molar-refractivity contribution in [2.24, 2.45) is 0 Å². The molecule has 0 aromatic heterocycles. The number of hydrogen-bond acceptors (Lipinski definition) is 2. The molecule has 5 heteroatoms. The Morgan fingerprint density at radius 2 is 1.95 bits per heavy atom. The number of carboxylic acid groups (broad SMARTS) is 1. The molecule has 3 nitrogen and oxygen atoms in total. The first kappa shape index (κ1) is 15.3. The van der Waals surface area contributed by atoms with E-state index in [4.69, 9.17) is 16.7 Å². The summed E-state index contributed by atoms with van der Waals surface area (Å²) in [5.41, 5.74) is 1.50. The van der Waals surface area contributed by atoms with Gasteiger partial charge in [0.2, 0.25) is 0 Å². The lowest BCUT2D eigenvalue weighted by Gasteiger charge is -2.25. The van der Waals surface area contributed by atoms with Crippen molar-refractivity contribution in [3.8, 4) is 0 Å². The molecule has 0 aliphatic heterocycles. The third-order valence-electron chi connectivity index (χ3n) is 3.05. The summed E-state index contributed by atoms with van der Waals surface area (Å²) in [5.74, 6) is -1.20. The van der Waals surface area contributed by atoms with Gasteiger partial charge in [-0.05, 0) is 29.8 Å². The van der Waals surface area contributed by atoms with E-state index in [2.05, 4.69) is 0 Å². The van der Waals surface area contributed by atoms with Crippen LogP contribution < -0.4 is 4.90 Å². The molecule has 0 atom stereocenters. The van der Waals surface area contributed by atoms with E-state index < -0.39 is 5.97 Å². The second-order valence-corrected chi connectivity index (χ2v) is 5.05. The van der Waals surface area contributed by atoms with Crippen LogP contribution in [0.25, 0.3) is 0 Å². The van der Waals surface area contributed by atoms with Crippen molar-refractivity contribution in [2.75, 3.05) is 11.4 Å². The highest BCUT2D eigenvalue weighted by atomic mass is 35.5. The Morgan fingerprint density at radius 1 is 1.19 bits per heavy atom. The minimum atomic E-state index is -0.883. The first-order valence-electron chi connectivity index (χ1n) is 6.52. The minimum absolute atomic E-state index is 0.0134. The average Bonchev–Trinajstić information content (AvgIpc) is 2.44. The zero-order chi connectivity index (χ0) is 15.2. The average molecular weight is 308 g/mol. The molecule has 0 aliphatic rings. The van der Waals surface area contributed by atoms with Crippen molar-refractivity contribution in [3.63, 3.8) is 0 Å². The Labute approximate surface area is 127 Å². The Balaban J connectivity index is 2.23. The van der Waals surface area contributed by atoms with Crippen LogP contribution in [0.5, 0.6) is 0 Å². The molecule has 0 heterocycles. The summed E-state index contributed by atoms with van der Waals surface area (Å²) in [6.45, 7) is 0.699. The lowest BCUT2D eigenvalue weighted by atomic mass is 10.2. The predicted molar refractivity (Wildman–Crippen MR) is 81.2 cm³/mol. The van der Waals surface area contributed by atoms with Crippen LogP contribution in [0.1, 0.15) is 12.0 Å². The molecule has 21 heavy (non-hydrogen) atoms. The van der Waals surface area contributed by atoms with Crippen LogP contribution in [0.3, 0.4) is 0 Å². The van der Waals surface area contributed by atoms with Gasteiger partial charge in [-0.15, -0.1) is 0 Å². The molecule has 0 saturated heterocycles. The number of carbonyl (C=O) groups is 1. The molecular formula is C16H15ClFNO2. The fourth-order valence-corrected chi connectivity index (χ4v) is 2.33. The van der Waals surface area contributed by atoms with Crippen LogP contribution in [0.2, 0.25) is 5.02 Å². The van der Waals surface area contributed by atoms with Gasteiger partial charge in [-0.25, -0.2) is 4.39 Å². The lowest BCUT2D eigenvalue weighted by Crippen LogP contribution is -2.26. The molecule has 0 amide bonds. The third-order valence-corrected chi connectivity index (χ3v) is 3.37. The van der Waals surface area contributed by atoms with E-state index in [1.165, 1.54) is 12.1 Å². The van der Waals surface area contributed by atoms with E-state index >= 15 is 0 Å². The molecule has 0 unspecified atom stereocenters. The number of anilines is 1. The number of para-hydroxylation sites is 1. The lowest BCUT2D eigenvalue weighted by molar-refractivity contribution is -0.136. The molecule has 1 N–H and O–H groups in total. The van der Waals surface area contributed by atoms with E-state index in [-0.39, 0.29) is 12.2 Å². The Bertz CT molecular complexity index is 633. The molecule has 0 spiro atoms. The van der Waals surface area contributed by atoms with Gasteiger partial charge in [0.15, 0.2) is 0 Å². The summed E-state index contributed by atoms with van der Waals surface area (Å²) in [6, 6.07) is 13.5. The Kier molecular flexibility index (Phi) is 5.17. The highest BCUT2D eigenvalue weighted by Gasteiger charge is 2.12. The third kappa shape index (κ3) is 4.46.